The first kappa shape index (κ1) is 20.2. The Morgan fingerprint density at radius 1 is 1.03 bits per heavy atom. The summed E-state index contributed by atoms with van der Waals surface area (Å²) in [5, 5.41) is 16.3. The SMILES string of the molecule is COc1ccc(NC(=O)C(=O)NCC(O)c2ccc3c(ccn3C)c2)cc1OC. The molecule has 152 valence electrons. The Morgan fingerprint density at radius 2 is 1.79 bits per heavy atom. The zero-order chi connectivity index (χ0) is 21.0. The number of rotatable bonds is 6. The van der Waals surface area contributed by atoms with Gasteiger partial charge in [-0.05, 0) is 41.3 Å². The number of fused-ring (bicyclic) bond motifs is 1. The van der Waals surface area contributed by atoms with Gasteiger partial charge in [0, 0.05) is 37.1 Å². The van der Waals surface area contributed by atoms with Gasteiger partial charge in [-0.15, -0.1) is 0 Å². The van der Waals surface area contributed by atoms with E-state index in [0.717, 1.165) is 10.9 Å². The molecule has 3 aromatic rings. The van der Waals surface area contributed by atoms with Crippen molar-refractivity contribution in [1.82, 2.24) is 9.88 Å². The third-order valence-electron chi connectivity index (χ3n) is 4.60. The number of aromatic nitrogens is 1. The van der Waals surface area contributed by atoms with Crippen LogP contribution in [0.15, 0.2) is 48.7 Å². The van der Waals surface area contributed by atoms with Crippen LogP contribution in [0.1, 0.15) is 11.7 Å². The molecule has 0 radical (unpaired) electrons. The molecule has 8 nitrogen and oxygen atoms in total. The Bertz CT molecular complexity index is 1040. The zero-order valence-electron chi connectivity index (χ0n) is 16.4. The number of anilines is 1. The topological polar surface area (TPSA) is 102 Å². The Kier molecular flexibility index (Phi) is 6.04. The van der Waals surface area contributed by atoms with Gasteiger partial charge in [-0.3, -0.25) is 9.59 Å². The number of nitrogens with one attached hydrogen (secondary N) is 2. The van der Waals surface area contributed by atoms with Crippen LogP contribution in [0.25, 0.3) is 10.9 Å². The van der Waals surface area contributed by atoms with Crippen LogP contribution in [0.3, 0.4) is 0 Å². The second-order valence-corrected chi connectivity index (χ2v) is 6.49. The predicted molar refractivity (Wildman–Crippen MR) is 109 cm³/mol. The molecule has 0 aliphatic carbocycles. The summed E-state index contributed by atoms with van der Waals surface area (Å²) in [6.07, 6.45) is 0.999. The summed E-state index contributed by atoms with van der Waals surface area (Å²) >= 11 is 0. The van der Waals surface area contributed by atoms with E-state index < -0.39 is 17.9 Å². The van der Waals surface area contributed by atoms with Crippen LogP contribution in [0, 0.1) is 0 Å². The second kappa shape index (κ2) is 8.66. The van der Waals surface area contributed by atoms with E-state index in [4.69, 9.17) is 9.47 Å². The number of hydrogen-bond donors (Lipinski definition) is 3. The third kappa shape index (κ3) is 4.49. The van der Waals surface area contributed by atoms with E-state index in [1.54, 1.807) is 24.3 Å². The number of carbonyl (C=O) groups is 2. The molecule has 0 aliphatic heterocycles. The van der Waals surface area contributed by atoms with Crippen LogP contribution in [-0.2, 0) is 16.6 Å². The number of amides is 2. The maximum atomic E-state index is 12.1. The molecule has 1 unspecified atom stereocenters. The van der Waals surface area contributed by atoms with Gasteiger partial charge in [0.1, 0.15) is 0 Å². The van der Waals surface area contributed by atoms with Crippen molar-refractivity contribution < 1.29 is 24.2 Å². The molecule has 0 aliphatic rings. The first-order valence-electron chi connectivity index (χ1n) is 8.97. The summed E-state index contributed by atoms with van der Waals surface area (Å²) in [7, 11) is 4.92. The number of carbonyl (C=O) groups excluding carboxylic acids is 2. The maximum absolute atomic E-state index is 12.1. The minimum atomic E-state index is -0.933. The Labute approximate surface area is 168 Å². The van der Waals surface area contributed by atoms with Gasteiger partial charge in [-0.25, -0.2) is 0 Å². The number of aryl methyl sites for hydroxylation is 1. The van der Waals surface area contributed by atoms with Crippen LogP contribution >= 0.6 is 0 Å². The van der Waals surface area contributed by atoms with Crippen molar-refractivity contribution >= 4 is 28.4 Å². The van der Waals surface area contributed by atoms with Crippen molar-refractivity contribution in [1.29, 1.82) is 0 Å². The van der Waals surface area contributed by atoms with E-state index in [1.165, 1.54) is 14.2 Å². The minimum Gasteiger partial charge on any atom is -0.493 e. The molecular formula is C21H23N3O5. The van der Waals surface area contributed by atoms with E-state index in [-0.39, 0.29) is 6.54 Å². The Hall–Kier alpha value is -3.52. The molecule has 1 heterocycles. The fourth-order valence-electron chi connectivity index (χ4n) is 3.00. The highest BCUT2D eigenvalue weighted by Gasteiger charge is 2.17. The van der Waals surface area contributed by atoms with Crippen LogP contribution in [0.2, 0.25) is 0 Å². The molecule has 0 spiro atoms. The summed E-state index contributed by atoms with van der Waals surface area (Å²) in [6.45, 7) is -0.0868. The van der Waals surface area contributed by atoms with Crippen molar-refractivity contribution in [3.63, 3.8) is 0 Å². The average molecular weight is 397 g/mol. The lowest BCUT2D eigenvalue weighted by molar-refractivity contribution is -0.136. The zero-order valence-corrected chi connectivity index (χ0v) is 16.4. The van der Waals surface area contributed by atoms with Crippen molar-refractivity contribution in [2.75, 3.05) is 26.1 Å². The first-order chi connectivity index (χ1) is 13.9. The molecule has 1 aromatic heterocycles. The molecule has 29 heavy (non-hydrogen) atoms. The minimum absolute atomic E-state index is 0.0868. The lowest BCUT2D eigenvalue weighted by atomic mass is 10.1. The quantitative estimate of drug-likeness (QED) is 0.552. The summed E-state index contributed by atoms with van der Waals surface area (Å²) in [6, 6.07) is 12.3. The second-order valence-electron chi connectivity index (χ2n) is 6.49. The fourth-order valence-corrected chi connectivity index (χ4v) is 3.00. The van der Waals surface area contributed by atoms with Gasteiger partial charge in [-0.1, -0.05) is 6.07 Å². The van der Waals surface area contributed by atoms with Crippen molar-refractivity contribution in [2.45, 2.75) is 6.10 Å². The van der Waals surface area contributed by atoms with Gasteiger partial charge in [-0.2, -0.15) is 0 Å². The highest BCUT2D eigenvalue weighted by Crippen LogP contribution is 2.29. The van der Waals surface area contributed by atoms with Crippen LogP contribution in [0.5, 0.6) is 11.5 Å². The van der Waals surface area contributed by atoms with E-state index in [0.29, 0.717) is 22.7 Å². The van der Waals surface area contributed by atoms with Gasteiger partial charge in [0.15, 0.2) is 11.5 Å². The molecule has 3 N–H and O–H groups in total. The van der Waals surface area contributed by atoms with E-state index >= 15 is 0 Å². The Balaban J connectivity index is 1.58. The van der Waals surface area contributed by atoms with E-state index in [2.05, 4.69) is 10.6 Å². The molecular weight excluding hydrogens is 374 g/mol. The third-order valence-corrected chi connectivity index (χ3v) is 4.60. The summed E-state index contributed by atoms with van der Waals surface area (Å²) < 4.78 is 12.3. The number of ether oxygens (including phenoxy) is 2. The average Bonchev–Trinajstić information content (AvgIpc) is 3.11. The molecule has 1 atom stereocenters. The van der Waals surface area contributed by atoms with Gasteiger partial charge in [0.05, 0.1) is 20.3 Å². The van der Waals surface area contributed by atoms with Crippen LogP contribution in [0.4, 0.5) is 5.69 Å². The summed E-state index contributed by atoms with van der Waals surface area (Å²) in [4.78, 5) is 24.2. The first-order valence-corrected chi connectivity index (χ1v) is 8.97. The standard InChI is InChI=1S/C21H23N3O5/c1-24-9-8-13-10-14(4-6-16(13)24)17(25)12-22-20(26)21(27)23-15-5-7-18(28-2)19(11-15)29-3/h4-11,17,25H,12H2,1-3H3,(H,22,26)(H,23,27). The van der Waals surface area contributed by atoms with Gasteiger partial charge >= 0.3 is 11.8 Å². The highest BCUT2D eigenvalue weighted by molar-refractivity contribution is 6.39. The number of methoxy groups -OCH3 is 2. The van der Waals surface area contributed by atoms with E-state index in [9.17, 15) is 14.7 Å². The molecule has 8 heteroatoms. The highest BCUT2D eigenvalue weighted by atomic mass is 16.5. The number of aliphatic hydroxyl groups excluding tert-OH is 1. The van der Waals surface area contributed by atoms with Crippen LogP contribution < -0.4 is 20.1 Å². The largest absolute Gasteiger partial charge is 0.493 e. The predicted octanol–water partition coefficient (Wildman–Crippen LogP) is 1.98. The summed E-state index contributed by atoms with van der Waals surface area (Å²) in [5.74, 6) is -0.756. The molecule has 2 aromatic carbocycles. The summed E-state index contributed by atoms with van der Waals surface area (Å²) in [5.41, 5.74) is 2.08. The molecule has 0 bridgehead atoms. The van der Waals surface area contributed by atoms with Crippen molar-refractivity contribution in [2.24, 2.45) is 7.05 Å². The number of hydrogen-bond acceptors (Lipinski definition) is 5. The normalized spacial score (nSPS) is 11.7. The van der Waals surface area contributed by atoms with Crippen molar-refractivity contribution in [3.05, 3.63) is 54.2 Å². The molecule has 3 rings (SSSR count). The lowest BCUT2D eigenvalue weighted by Crippen LogP contribution is -2.37. The molecule has 2 amide bonds. The maximum Gasteiger partial charge on any atom is 0.313 e. The number of aliphatic hydroxyl groups is 1. The van der Waals surface area contributed by atoms with Gasteiger partial charge in [0.2, 0.25) is 0 Å². The Morgan fingerprint density at radius 3 is 2.52 bits per heavy atom. The van der Waals surface area contributed by atoms with E-state index in [1.807, 2.05) is 36.0 Å². The van der Waals surface area contributed by atoms with Gasteiger partial charge < -0.3 is 29.8 Å². The monoisotopic (exact) mass is 397 g/mol. The fraction of sp³-hybridized carbons (Fsp3) is 0.238. The van der Waals surface area contributed by atoms with Crippen molar-refractivity contribution in [3.8, 4) is 11.5 Å². The molecule has 0 fully saturated rings. The van der Waals surface area contributed by atoms with Crippen LogP contribution in [-0.4, -0.2) is 42.3 Å². The number of benzene rings is 2. The lowest BCUT2D eigenvalue weighted by Gasteiger charge is -2.13. The number of nitrogens with zero attached hydrogens (tertiary/aromatic N) is 1. The molecule has 0 saturated heterocycles. The smallest absolute Gasteiger partial charge is 0.313 e. The van der Waals surface area contributed by atoms with Gasteiger partial charge in [0.25, 0.3) is 0 Å². The molecule has 0 saturated carbocycles.